The molecule has 3 aromatic carbocycles. The number of carbonyl (C=O) groups excluding carboxylic acids is 2. The summed E-state index contributed by atoms with van der Waals surface area (Å²) in [6.45, 7) is 2.49. The average Bonchev–Trinajstić information content (AvgIpc) is 2.83. The average molecular weight is 572 g/mol. The van der Waals surface area contributed by atoms with Crippen molar-refractivity contribution in [1.82, 2.24) is 5.32 Å². The zero-order chi connectivity index (χ0) is 24.9. The quantitative estimate of drug-likeness (QED) is 0.217. The fourth-order valence-corrected chi connectivity index (χ4v) is 4.52. The molecule has 1 aliphatic heterocycles. The molecule has 178 valence electrons. The minimum absolute atomic E-state index is 0.0304. The predicted octanol–water partition coefficient (Wildman–Crippen LogP) is 5.91. The highest BCUT2D eigenvalue weighted by Crippen LogP contribution is 2.38. The molecule has 0 atom stereocenters. The number of hydrogen-bond acceptors (Lipinski definition) is 5. The number of nitrogens with one attached hydrogen (secondary N) is 1. The second-order valence-electron chi connectivity index (χ2n) is 7.44. The van der Waals surface area contributed by atoms with Crippen LogP contribution < -0.4 is 19.7 Å². The maximum absolute atomic E-state index is 13.2. The second kappa shape index (κ2) is 11.0. The third-order valence-electron chi connectivity index (χ3n) is 5.09. The summed E-state index contributed by atoms with van der Waals surface area (Å²) in [5.41, 5.74) is 1.91. The number of carbonyl (C=O) groups is 2. The number of halogens is 2. The molecule has 0 radical (unpaired) electrons. The highest BCUT2D eigenvalue weighted by molar-refractivity contribution is 9.10. The fraction of sp³-hybridized carbons (Fsp3) is 0.115. The Hall–Kier alpha value is -3.20. The summed E-state index contributed by atoms with van der Waals surface area (Å²) in [6.07, 6.45) is 1.50. The first kappa shape index (κ1) is 24.9. The summed E-state index contributed by atoms with van der Waals surface area (Å²) in [6, 6.07) is 19.8. The van der Waals surface area contributed by atoms with Gasteiger partial charge in [0, 0.05) is 10.6 Å². The van der Waals surface area contributed by atoms with Crippen molar-refractivity contribution >= 4 is 68.4 Å². The number of benzene rings is 3. The van der Waals surface area contributed by atoms with E-state index in [9.17, 15) is 9.59 Å². The molecule has 3 aromatic rings. The van der Waals surface area contributed by atoms with Crippen LogP contribution in [-0.4, -0.2) is 23.5 Å². The van der Waals surface area contributed by atoms with E-state index in [1.165, 1.54) is 11.0 Å². The number of para-hydroxylation sites is 1. The van der Waals surface area contributed by atoms with Crippen LogP contribution in [0.1, 0.15) is 18.1 Å². The van der Waals surface area contributed by atoms with E-state index in [1.807, 2.05) is 31.2 Å². The number of rotatable bonds is 7. The SMILES string of the molecule is CCOc1cc(/C=C2/C(=O)NC(=S)N(c3ccccc3)C2=O)cc(Br)c1OCc1ccccc1Cl. The smallest absolute Gasteiger partial charge is 0.270 e. The molecule has 0 spiro atoms. The lowest BCUT2D eigenvalue weighted by Crippen LogP contribution is -2.54. The molecule has 1 N–H and O–H groups in total. The summed E-state index contributed by atoms with van der Waals surface area (Å²) in [5.74, 6) is -0.140. The molecule has 6 nitrogen and oxygen atoms in total. The van der Waals surface area contributed by atoms with Gasteiger partial charge in [0.2, 0.25) is 0 Å². The van der Waals surface area contributed by atoms with Gasteiger partial charge in [-0.3, -0.25) is 19.8 Å². The lowest BCUT2D eigenvalue weighted by Gasteiger charge is -2.28. The Morgan fingerprint density at radius 1 is 1.06 bits per heavy atom. The van der Waals surface area contributed by atoms with Crippen molar-refractivity contribution in [1.29, 1.82) is 0 Å². The largest absolute Gasteiger partial charge is 0.490 e. The van der Waals surface area contributed by atoms with Crippen LogP contribution in [-0.2, 0) is 16.2 Å². The Balaban J connectivity index is 1.66. The summed E-state index contributed by atoms with van der Waals surface area (Å²) in [5, 5.41) is 3.22. The van der Waals surface area contributed by atoms with E-state index in [4.69, 9.17) is 33.3 Å². The summed E-state index contributed by atoms with van der Waals surface area (Å²) in [7, 11) is 0. The Morgan fingerprint density at radius 2 is 1.77 bits per heavy atom. The number of ether oxygens (including phenoxy) is 2. The van der Waals surface area contributed by atoms with E-state index in [1.54, 1.807) is 42.5 Å². The van der Waals surface area contributed by atoms with Gasteiger partial charge in [0.25, 0.3) is 11.8 Å². The second-order valence-corrected chi connectivity index (χ2v) is 9.08. The molecule has 1 saturated heterocycles. The third kappa shape index (κ3) is 5.56. The van der Waals surface area contributed by atoms with Gasteiger partial charge >= 0.3 is 0 Å². The lowest BCUT2D eigenvalue weighted by molar-refractivity contribution is -0.122. The van der Waals surface area contributed by atoms with Crippen molar-refractivity contribution in [2.45, 2.75) is 13.5 Å². The topological polar surface area (TPSA) is 67.9 Å². The maximum Gasteiger partial charge on any atom is 0.270 e. The van der Waals surface area contributed by atoms with Crippen LogP contribution in [0.5, 0.6) is 11.5 Å². The van der Waals surface area contributed by atoms with Crippen LogP contribution in [0.25, 0.3) is 6.08 Å². The number of hydrogen-bond donors (Lipinski definition) is 1. The minimum Gasteiger partial charge on any atom is -0.490 e. The molecule has 4 rings (SSSR count). The number of amides is 2. The van der Waals surface area contributed by atoms with Crippen LogP contribution in [0.3, 0.4) is 0 Å². The van der Waals surface area contributed by atoms with Crippen LogP contribution in [0.4, 0.5) is 5.69 Å². The number of anilines is 1. The molecular formula is C26H20BrClN2O4S. The van der Waals surface area contributed by atoms with E-state index < -0.39 is 11.8 Å². The van der Waals surface area contributed by atoms with Crippen molar-refractivity contribution in [2.75, 3.05) is 11.5 Å². The van der Waals surface area contributed by atoms with Gasteiger partial charge in [0.15, 0.2) is 16.6 Å². The van der Waals surface area contributed by atoms with Crippen LogP contribution in [0, 0.1) is 0 Å². The summed E-state index contributed by atoms with van der Waals surface area (Å²) >= 11 is 15.0. The normalized spacial score (nSPS) is 14.8. The minimum atomic E-state index is -0.569. The van der Waals surface area contributed by atoms with Gasteiger partial charge in [-0.2, -0.15) is 0 Å². The molecule has 0 bridgehead atoms. The molecule has 35 heavy (non-hydrogen) atoms. The van der Waals surface area contributed by atoms with Gasteiger partial charge in [0.1, 0.15) is 12.2 Å². The van der Waals surface area contributed by atoms with E-state index >= 15 is 0 Å². The number of thiocarbonyl (C=S) groups is 1. The van der Waals surface area contributed by atoms with Crippen molar-refractivity contribution < 1.29 is 19.1 Å². The molecule has 1 fully saturated rings. The molecule has 9 heteroatoms. The fourth-order valence-electron chi connectivity index (χ4n) is 3.48. The highest BCUT2D eigenvalue weighted by atomic mass is 79.9. The van der Waals surface area contributed by atoms with Gasteiger partial charge in [-0.25, -0.2) is 0 Å². The van der Waals surface area contributed by atoms with Gasteiger partial charge in [-0.1, -0.05) is 48.0 Å². The van der Waals surface area contributed by atoms with E-state index in [-0.39, 0.29) is 17.3 Å². The summed E-state index contributed by atoms with van der Waals surface area (Å²) < 4.78 is 12.4. The Morgan fingerprint density at radius 3 is 2.49 bits per heavy atom. The van der Waals surface area contributed by atoms with Crippen LogP contribution in [0.2, 0.25) is 5.02 Å². The van der Waals surface area contributed by atoms with Crippen molar-refractivity contribution in [3.63, 3.8) is 0 Å². The molecule has 0 aliphatic carbocycles. The van der Waals surface area contributed by atoms with E-state index in [0.717, 1.165) is 5.56 Å². The summed E-state index contributed by atoms with van der Waals surface area (Å²) in [4.78, 5) is 27.2. The van der Waals surface area contributed by atoms with Crippen molar-refractivity contribution in [2.24, 2.45) is 0 Å². The Bertz CT molecular complexity index is 1330. The van der Waals surface area contributed by atoms with Gasteiger partial charge in [-0.15, -0.1) is 0 Å². The Labute approximate surface area is 221 Å². The zero-order valence-corrected chi connectivity index (χ0v) is 21.7. The standard InChI is InChI=1S/C26H20BrClN2O4S/c1-2-33-22-14-16(13-20(27)23(22)34-15-17-8-6-7-11-21(17)28)12-19-24(31)29-26(35)30(25(19)32)18-9-4-3-5-10-18/h3-14H,2,15H2,1H3,(H,29,31,35)/b19-12-. The van der Waals surface area contributed by atoms with Crippen LogP contribution >= 0.6 is 39.7 Å². The third-order valence-corrected chi connectivity index (χ3v) is 6.33. The van der Waals surface area contributed by atoms with Crippen molar-refractivity contribution in [3.05, 3.63) is 92.9 Å². The Kier molecular flexibility index (Phi) is 7.85. The van der Waals surface area contributed by atoms with E-state index in [0.29, 0.717) is 38.9 Å². The monoisotopic (exact) mass is 570 g/mol. The molecule has 2 amide bonds. The lowest BCUT2D eigenvalue weighted by atomic mass is 10.1. The van der Waals surface area contributed by atoms with Crippen LogP contribution in [0.15, 0.2) is 76.8 Å². The van der Waals surface area contributed by atoms with Crippen molar-refractivity contribution in [3.8, 4) is 11.5 Å². The first-order valence-electron chi connectivity index (χ1n) is 10.7. The van der Waals surface area contributed by atoms with Gasteiger partial charge in [0.05, 0.1) is 16.8 Å². The zero-order valence-electron chi connectivity index (χ0n) is 18.6. The molecule has 0 aromatic heterocycles. The first-order valence-corrected chi connectivity index (χ1v) is 12.3. The van der Waals surface area contributed by atoms with Gasteiger partial charge < -0.3 is 9.47 Å². The number of nitrogens with zero attached hydrogens (tertiary/aromatic N) is 1. The molecular weight excluding hydrogens is 552 g/mol. The molecule has 0 unspecified atom stereocenters. The van der Waals surface area contributed by atoms with Gasteiger partial charge in [-0.05, 0) is 77.0 Å². The first-order chi connectivity index (χ1) is 16.9. The van der Waals surface area contributed by atoms with E-state index in [2.05, 4.69) is 21.2 Å². The predicted molar refractivity (Wildman–Crippen MR) is 144 cm³/mol. The highest BCUT2D eigenvalue weighted by Gasteiger charge is 2.34. The molecule has 1 aliphatic rings. The molecule has 0 saturated carbocycles. The molecule has 1 heterocycles. The maximum atomic E-state index is 13.2.